The van der Waals surface area contributed by atoms with Gasteiger partial charge in [0.2, 0.25) is 0 Å². The van der Waals surface area contributed by atoms with Crippen molar-refractivity contribution in [3.05, 3.63) is 90.0 Å². The Morgan fingerprint density at radius 3 is 2.22 bits per heavy atom. The molecule has 23 heavy (non-hydrogen) atoms. The Morgan fingerprint density at radius 2 is 1.57 bits per heavy atom. The van der Waals surface area contributed by atoms with Crippen LogP contribution in [0.15, 0.2) is 89.6 Å². The number of hydrazone groups is 1. The predicted molar refractivity (Wildman–Crippen MR) is 97.0 cm³/mol. The van der Waals surface area contributed by atoms with Gasteiger partial charge in [0.25, 0.3) is 0 Å². The maximum absolute atomic E-state index is 12.0. The molecule has 0 fully saturated rings. The molecule has 2 aromatic rings. The summed E-state index contributed by atoms with van der Waals surface area (Å²) < 4.78 is 0. The van der Waals surface area contributed by atoms with Gasteiger partial charge in [-0.2, -0.15) is 5.10 Å². The zero-order chi connectivity index (χ0) is 16.5. The number of nitrogens with zero attached hydrogens (tertiary/aromatic N) is 2. The van der Waals surface area contributed by atoms with E-state index in [9.17, 15) is 4.79 Å². The van der Waals surface area contributed by atoms with Crippen LogP contribution in [0.1, 0.15) is 17.3 Å². The second-order valence-corrected chi connectivity index (χ2v) is 5.10. The van der Waals surface area contributed by atoms with Crippen LogP contribution >= 0.6 is 0 Å². The molecule has 3 heteroatoms. The highest BCUT2D eigenvalue weighted by molar-refractivity contribution is 6.04. The monoisotopic (exact) mass is 304 g/mol. The van der Waals surface area contributed by atoms with Crippen LogP contribution in [0, 0.1) is 0 Å². The lowest BCUT2D eigenvalue weighted by Crippen LogP contribution is -2.07. The van der Waals surface area contributed by atoms with E-state index in [1.807, 2.05) is 80.7 Å². The second kappa shape index (κ2) is 8.49. The summed E-state index contributed by atoms with van der Waals surface area (Å²) in [6.45, 7) is 1.93. The Balaban J connectivity index is 1.94. The second-order valence-electron chi connectivity index (χ2n) is 5.10. The highest BCUT2D eigenvalue weighted by Gasteiger charge is 1.98. The number of ketones is 1. The maximum atomic E-state index is 12.0. The third-order valence-corrected chi connectivity index (χ3v) is 3.26. The van der Waals surface area contributed by atoms with Crippen molar-refractivity contribution in [3.8, 4) is 0 Å². The third kappa shape index (κ3) is 5.40. The van der Waals surface area contributed by atoms with Crippen molar-refractivity contribution in [3.63, 3.8) is 0 Å². The van der Waals surface area contributed by atoms with Gasteiger partial charge >= 0.3 is 0 Å². The minimum Gasteiger partial charge on any atom is -0.289 e. The van der Waals surface area contributed by atoms with Crippen molar-refractivity contribution in [2.45, 2.75) is 6.92 Å². The Bertz CT molecular complexity index is 716. The molecule has 2 rings (SSSR count). The topological polar surface area (TPSA) is 32.7 Å². The fourth-order valence-electron chi connectivity index (χ4n) is 1.92. The summed E-state index contributed by atoms with van der Waals surface area (Å²) in [5.41, 5.74) is 2.66. The Morgan fingerprint density at radius 1 is 0.957 bits per heavy atom. The summed E-state index contributed by atoms with van der Waals surface area (Å²) in [6.07, 6.45) is 6.97. The third-order valence-electron chi connectivity index (χ3n) is 3.26. The van der Waals surface area contributed by atoms with Crippen LogP contribution in [0.2, 0.25) is 0 Å². The van der Waals surface area contributed by atoms with Crippen LogP contribution in [0.25, 0.3) is 0 Å². The molecule has 2 aromatic carbocycles. The Labute approximate surface area is 137 Å². The highest BCUT2D eigenvalue weighted by Crippen LogP contribution is 2.10. The number of allylic oxidation sites excluding steroid dienone is 4. The van der Waals surface area contributed by atoms with Gasteiger partial charge in [0.1, 0.15) is 0 Å². The maximum Gasteiger partial charge on any atom is 0.185 e. The number of hydrogen-bond donors (Lipinski definition) is 0. The van der Waals surface area contributed by atoms with Crippen molar-refractivity contribution in [2.75, 3.05) is 12.1 Å². The quantitative estimate of drug-likeness (QED) is 0.259. The summed E-state index contributed by atoms with van der Waals surface area (Å²) in [4.78, 5) is 12.0. The van der Waals surface area contributed by atoms with Gasteiger partial charge in [0, 0.05) is 18.8 Å². The van der Waals surface area contributed by atoms with Crippen LogP contribution < -0.4 is 5.01 Å². The molecule has 116 valence electrons. The summed E-state index contributed by atoms with van der Waals surface area (Å²) in [7, 11) is 1.89. The van der Waals surface area contributed by atoms with Crippen molar-refractivity contribution >= 4 is 17.7 Å². The zero-order valence-corrected chi connectivity index (χ0v) is 13.4. The van der Waals surface area contributed by atoms with E-state index < -0.39 is 0 Å². The van der Waals surface area contributed by atoms with E-state index in [4.69, 9.17) is 0 Å². The smallest absolute Gasteiger partial charge is 0.185 e. The van der Waals surface area contributed by atoms with E-state index in [-0.39, 0.29) is 5.78 Å². The summed E-state index contributed by atoms with van der Waals surface area (Å²) in [5, 5.41) is 6.13. The summed E-state index contributed by atoms with van der Waals surface area (Å²) in [6, 6.07) is 19.1. The number of carbonyl (C=O) groups is 1. The molecule has 0 radical (unpaired) electrons. The van der Waals surface area contributed by atoms with Gasteiger partial charge in [-0.15, -0.1) is 0 Å². The van der Waals surface area contributed by atoms with Gasteiger partial charge in [-0.3, -0.25) is 9.80 Å². The standard InChI is InChI=1S/C20H20N2O/c1-17(13-14-20(23)18-9-5-3-6-10-18)15-16-21-22(2)19-11-7-4-8-12-19/h3-16H,1-2H3. The molecule has 0 aliphatic heterocycles. The molecule has 0 aliphatic carbocycles. The van der Waals surface area contributed by atoms with Crippen LogP contribution in [0.3, 0.4) is 0 Å². The largest absolute Gasteiger partial charge is 0.289 e. The van der Waals surface area contributed by atoms with Gasteiger partial charge in [-0.1, -0.05) is 54.6 Å². The first-order chi connectivity index (χ1) is 11.2. The van der Waals surface area contributed by atoms with Gasteiger partial charge in [0.15, 0.2) is 5.78 Å². The SMILES string of the molecule is CC(C=CC(=O)c1ccccc1)=CC=NN(C)c1ccccc1. The normalized spacial score (nSPS) is 12.0. The van der Waals surface area contributed by atoms with Gasteiger partial charge < -0.3 is 0 Å². The van der Waals surface area contributed by atoms with Crippen molar-refractivity contribution in [2.24, 2.45) is 5.10 Å². The molecular formula is C20H20N2O. The number of rotatable bonds is 6. The van der Waals surface area contributed by atoms with Crippen LogP contribution in [-0.4, -0.2) is 19.0 Å². The van der Waals surface area contributed by atoms with Crippen LogP contribution in [0.4, 0.5) is 5.69 Å². The summed E-state index contributed by atoms with van der Waals surface area (Å²) in [5.74, 6) is -0.00306. The van der Waals surface area contributed by atoms with Gasteiger partial charge in [-0.25, -0.2) is 0 Å². The molecule has 3 nitrogen and oxygen atoms in total. The average Bonchev–Trinajstić information content (AvgIpc) is 2.61. The zero-order valence-electron chi connectivity index (χ0n) is 13.4. The minimum absolute atomic E-state index is 0.00306. The lowest BCUT2D eigenvalue weighted by Gasteiger charge is -2.11. The Kier molecular flexibility index (Phi) is 6.07. The molecule has 0 saturated heterocycles. The van der Waals surface area contributed by atoms with E-state index in [2.05, 4.69) is 5.10 Å². The predicted octanol–water partition coefficient (Wildman–Crippen LogP) is 4.49. The minimum atomic E-state index is -0.00306. The molecule has 0 N–H and O–H groups in total. The molecule has 0 atom stereocenters. The lowest BCUT2D eigenvalue weighted by molar-refractivity contribution is 0.104. The lowest BCUT2D eigenvalue weighted by atomic mass is 10.1. The molecule has 0 bridgehead atoms. The van der Waals surface area contributed by atoms with Gasteiger partial charge in [0.05, 0.1) is 5.69 Å². The first-order valence-corrected chi connectivity index (χ1v) is 7.44. The van der Waals surface area contributed by atoms with E-state index in [1.54, 1.807) is 23.4 Å². The van der Waals surface area contributed by atoms with E-state index >= 15 is 0 Å². The molecule has 0 aromatic heterocycles. The first kappa shape index (κ1) is 16.4. The van der Waals surface area contributed by atoms with Crippen LogP contribution in [-0.2, 0) is 0 Å². The number of anilines is 1. The van der Waals surface area contributed by atoms with Crippen molar-refractivity contribution < 1.29 is 4.79 Å². The molecule has 0 unspecified atom stereocenters. The number of para-hydroxylation sites is 1. The Hall–Kier alpha value is -2.94. The fourth-order valence-corrected chi connectivity index (χ4v) is 1.92. The number of benzene rings is 2. The molecule has 0 aliphatic rings. The van der Waals surface area contributed by atoms with E-state index in [1.165, 1.54) is 0 Å². The van der Waals surface area contributed by atoms with Crippen molar-refractivity contribution in [1.82, 2.24) is 0 Å². The molecule has 0 saturated carbocycles. The fraction of sp³-hybridized carbons (Fsp3) is 0.100. The highest BCUT2D eigenvalue weighted by atomic mass is 16.1. The van der Waals surface area contributed by atoms with E-state index in [0.29, 0.717) is 5.56 Å². The molecular weight excluding hydrogens is 284 g/mol. The summed E-state index contributed by atoms with van der Waals surface area (Å²) >= 11 is 0. The molecule has 0 spiro atoms. The van der Waals surface area contributed by atoms with Crippen LogP contribution in [0.5, 0.6) is 0 Å². The van der Waals surface area contributed by atoms with Crippen molar-refractivity contribution in [1.29, 1.82) is 0 Å². The van der Waals surface area contributed by atoms with E-state index in [0.717, 1.165) is 11.3 Å². The first-order valence-electron chi connectivity index (χ1n) is 7.44. The molecule has 0 heterocycles. The van der Waals surface area contributed by atoms with Gasteiger partial charge in [-0.05, 0) is 36.8 Å². The average molecular weight is 304 g/mol. The number of carbonyl (C=O) groups excluding carboxylic acids is 1. The number of hydrogen-bond acceptors (Lipinski definition) is 3. The molecule has 0 amide bonds.